The zero-order chi connectivity index (χ0) is 16.1. The molecular formula is C18H30N4. The molecule has 0 spiro atoms. The van der Waals surface area contributed by atoms with Crippen molar-refractivity contribution in [2.75, 3.05) is 18.4 Å². The number of aryl methyl sites for hydroxylation is 2. The average molecular weight is 302 g/mol. The van der Waals surface area contributed by atoms with Crippen LogP contribution in [-0.2, 0) is 0 Å². The maximum absolute atomic E-state index is 6.04. The zero-order valence-electron chi connectivity index (χ0n) is 14.4. The van der Waals surface area contributed by atoms with Gasteiger partial charge in [-0.1, -0.05) is 12.5 Å². The molecule has 2 unspecified atom stereocenters. The number of anilines is 1. The molecule has 1 heterocycles. The van der Waals surface area contributed by atoms with Crippen LogP contribution in [0, 0.1) is 13.8 Å². The van der Waals surface area contributed by atoms with E-state index in [2.05, 4.69) is 61.1 Å². The van der Waals surface area contributed by atoms with Crippen molar-refractivity contribution in [3.63, 3.8) is 0 Å². The first kappa shape index (κ1) is 16.8. The Bertz CT molecular complexity index is 504. The third kappa shape index (κ3) is 4.73. The summed E-state index contributed by atoms with van der Waals surface area (Å²) in [4.78, 5) is 7.08. The second kappa shape index (κ2) is 7.63. The van der Waals surface area contributed by atoms with E-state index in [9.17, 15) is 0 Å². The number of hydrogen-bond acceptors (Lipinski definition) is 2. The molecule has 1 fully saturated rings. The van der Waals surface area contributed by atoms with Gasteiger partial charge in [0.25, 0.3) is 0 Å². The maximum atomic E-state index is 6.04. The summed E-state index contributed by atoms with van der Waals surface area (Å²) in [5, 5.41) is 3.20. The minimum atomic E-state index is 0.440. The fourth-order valence-corrected chi connectivity index (χ4v) is 3.34. The van der Waals surface area contributed by atoms with E-state index in [1.165, 1.54) is 36.9 Å². The third-order valence-electron chi connectivity index (χ3n) is 4.44. The summed E-state index contributed by atoms with van der Waals surface area (Å²) in [6.45, 7) is 10.7. The Labute approximate surface area is 134 Å². The van der Waals surface area contributed by atoms with Crippen molar-refractivity contribution in [2.24, 2.45) is 10.7 Å². The van der Waals surface area contributed by atoms with Gasteiger partial charge < -0.3 is 11.1 Å². The molecule has 122 valence electrons. The quantitative estimate of drug-likeness (QED) is 0.663. The highest BCUT2D eigenvalue weighted by molar-refractivity contribution is 5.92. The lowest BCUT2D eigenvalue weighted by Gasteiger charge is -2.37. The molecule has 0 amide bonds. The largest absolute Gasteiger partial charge is 0.370 e. The molecule has 1 aliphatic heterocycles. The van der Waals surface area contributed by atoms with Gasteiger partial charge in [0, 0.05) is 17.8 Å². The summed E-state index contributed by atoms with van der Waals surface area (Å²) >= 11 is 0. The van der Waals surface area contributed by atoms with Crippen molar-refractivity contribution >= 4 is 11.6 Å². The first-order valence-electron chi connectivity index (χ1n) is 8.36. The number of hydrogen-bond donors (Lipinski definition) is 2. The minimum absolute atomic E-state index is 0.440. The van der Waals surface area contributed by atoms with Crippen LogP contribution in [0.3, 0.4) is 0 Å². The van der Waals surface area contributed by atoms with Gasteiger partial charge in [0.1, 0.15) is 0 Å². The smallest absolute Gasteiger partial charge is 0.193 e. The van der Waals surface area contributed by atoms with Crippen LogP contribution >= 0.6 is 0 Å². The van der Waals surface area contributed by atoms with Crippen molar-refractivity contribution in [1.82, 2.24) is 4.90 Å². The van der Waals surface area contributed by atoms with Crippen LogP contribution in [0.5, 0.6) is 0 Å². The number of nitrogens with one attached hydrogen (secondary N) is 1. The highest BCUT2D eigenvalue weighted by atomic mass is 15.2. The molecule has 4 heteroatoms. The van der Waals surface area contributed by atoms with Gasteiger partial charge >= 0.3 is 0 Å². The second-order valence-electron chi connectivity index (χ2n) is 6.66. The predicted molar refractivity (Wildman–Crippen MR) is 95.5 cm³/mol. The van der Waals surface area contributed by atoms with Crippen LogP contribution in [0.25, 0.3) is 0 Å². The van der Waals surface area contributed by atoms with Crippen LogP contribution in [0.15, 0.2) is 23.2 Å². The van der Waals surface area contributed by atoms with Crippen molar-refractivity contribution in [3.8, 4) is 0 Å². The highest BCUT2D eigenvalue weighted by Gasteiger charge is 2.22. The van der Waals surface area contributed by atoms with E-state index in [-0.39, 0.29) is 0 Å². The number of rotatable bonds is 4. The Kier molecular flexibility index (Phi) is 5.83. The first-order chi connectivity index (χ1) is 10.5. The predicted octanol–water partition coefficient (Wildman–Crippen LogP) is 3.29. The highest BCUT2D eigenvalue weighted by Crippen LogP contribution is 2.19. The van der Waals surface area contributed by atoms with Crippen molar-refractivity contribution in [3.05, 3.63) is 29.3 Å². The maximum Gasteiger partial charge on any atom is 0.193 e. The van der Waals surface area contributed by atoms with Crippen LogP contribution in [-0.4, -0.2) is 36.0 Å². The van der Waals surface area contributed by atoms with Crippen molar-refractivity contribution in [2.45, 2.75) is 59.0 Å². The Morgan fingerprint density at radius 1 is 1.32 bits per heavy atom. The molecule has 1 saturated heterocycles. The molecular weight excluding hydrogens is 272 g/mol. The van der Waals surface area contributed by atoms with E-state index in [0.29, 0.717) is 18.0 Å². The molecule has 1 aliphatic rings. The Morgan fingerprint density at radius 2 is 2.00 bits per heavy atom. The molecule has 0 aliphatic carbocycles. The molecule has 2 atom stereocenters. The van der Waals surface area contributed by atoms with Gasteiger partial charge in [-0.25, -0.2) is 0 Å². The summed E-state index contributed by atoms with van der Waals surface area (Å²) in [5.41, 5.74) is 9.51. The Hall–Kier alpha value is -1.55. The first-order valence-corrected chi connectivity index (χ1v) is 8.36. The van der Waals surface area contributed by atoms with E-state index >= 15 is 0 Å². The lowest BCUT2D eigenvalue weighted by atomic mass is 10.0. The number of piperidine rings is 1. The van der Waals surface area contributed by atoms with Gasteiger partial charge in [0.05, 0.1) is 6.54 Å². The van der Waals surface area contributed by atoms with E-state index in [0.717, 1.165) is 12.2 Å². The van der Waals surface area contributed by atoms with E-state index in [4.69, 9.17) is 5.73 Å². The third-order valence-corrected chi connectivity index (χ3v) is 4.44. The van der Waals surface area contributed by atoms with Gasteiger partial charge in [0.2, 0.25) is 0 Å². The van der Waals surface area contributed by atoms with E-state index in [1.807, 2.05) is 0 Å². The molecule has 2 rings (SSSR count). The molecule has 22 heavy (non-hydrogen) atoms. The molecule has 4 nitrogen and oxygen atoms in total. The van der Waals surface area contributed by atoms with Gasteiger partial charge in [-0.3, -0.25) is 9.89 Å². The number of likely N-dealkylation sites (tertiary alicyclic amines) is 1. The second-order valence-corrected chi connectivity index (χ2v) is 6.66. The molecule has 3 N–H and O–H groups in total. The SMILES string of the molecule is Cc1cc(C)cc(NC(N)=NCC(C)N2CCCCC2C)c1. The Morgan fingerprint density at radius 3 is 2.64 bits per heavy atom. The fourth-order valence-electron chi connectivity index (χ4n) is 3.34. The van der Waals surface area contributed by atoms with E-state index < -0.39 is 0 Å². The summed E-state index contributed by atoms with van der Waals surface area (Å²) < 4.78 is 0. The summed E-state index contributed by atoms with van der Waals surface area (Å²) in [7, 11) is 0. The topological polar surface area (TPSA) is 53.6 Å². The summed E-state index contributed by atoms with van der Waals surface area (Å²) in [5.74, 6) is 0.501. The molecule has 0 bridgehead atoms. The van der Waals surface area contributed by atoms with Gasteiger partial charge in [-0.05, 0) is 70.3 Å². The zero-order valence-corrected chi connectivity index (χ0v) is 14.4. The standard InChI is InChI=1S/C18H30N4/c1-13-9-14(2)11-17(10-13)21-18(19)20-12-16(4)22-8-6-5-7-15(22)3/h9-11,15-16H,5-8,12H2,1-4H3,(H3,19,20,21). The normalized spacial score (nSPS) is 21.6. The number of benzene rings is 1. The van der Waals surface area contributed by atoms with Crippen LogP contribution in [0.4, 0.5) is 5.69 Å². The number of nitrogens with zero attached hydrogens (tertiary/aromatic N) is 2. The van der Waals surface area contributed by atoms with Crippen molar-refractivity contribution in [1.29, 1.82) is 0 Å². The number of aliphatic imine (C=N–C) groups is 1. The van der Waals surface area contributed by atoms with E-state index in [1.54, 1.807) is 0 Å². The minimum Gasteiger partial charge on any atom is -0.370 e. The Balaban J connectivity index is 1.91. The van der Waals surface area contributed by atoms with Gasteiger partial charge in [-0.15, -0.1) is 0 Å². The molecule has 0 radical (unpaired) electrons. The number of guanidine groups is 1. The monoisotopic (exact) mass is 302 g/mol. The lowest BCUT2D eigenvalue weighted by Crippen LogP contribution is -2.45. The van der Waals surface area contributed by atoms with Crippen LogP contribution < -0.4 is 11.1 Å². The number of nitrogens with two attached hydrogens (primary N) is 1. The van der Waals surface area contributed by atoms with Crippen LogP contribution in [0.1, 0.15) is 44.2 Å². The molecule has 1 aromatic rings. The molecule has 1 aromatic carbocycles. The summed E-state index contributed by atoms with van der Waals surface area (Å²) in [6.07, 6.45) is 3.95. The lowest BCUT2D eigenvalue weighted by molar-refractivity contribution is 0.118. The molecule has 0 saturated carbocycles. The van der Waals surface area contributed by atoms with Crippen LogP contribution in [0.2, 0.25) is 0 Å². The van der Waals surface area contributed by atoms with Gasteiger partial charge in [-0.2, -0.15) is 0 Å². The molecule has 0 aromatic heterocycles. The van der Waals surface area contributed by atoms with Gasteiger partial charge in [0.15, 0.2) is 5.96 Å². The average Bonchev–Trinajstić information content (AvgIpc) is 2.44. The fraction of sp³-hybridized carbons (Fsp3) is 0.611. The summed E-state index contributed by atoms with van der Waals surface area (Å²) in [6, 6.07) is 7.43. The van der Waals surface area contributed by atoms with Crippen molar-refractivity contribution < 1.29 is 0 Å².